The van der Waals surface area contributed by atoms with Crippen molar-refractivity contribution < 1.29 is 28.7 Å². The van der Waals surface area contributed by atoms with Gasteiger partial charge in [-0.1, -0.05) is 18.2 Å². The van der Waals surface area contributed by atoms with Crippen LogP contribution in [0.3, 0.4) is 0 Å². The van der Waals surface area contributed by atoms with Crippen molar-refractivity contribution in [3.63, 3.8) is 0 Å². The monoisotopic (exact) mass is 500 g/mol. The van der Waals surface area contributed by atoms with Gasteiger partial charge in [0.1, 0.15) is 11.5 Å². The fourth-order valence-corrected chi connectivity index (χ4v) is 3.99. The van der Waals surface area contributed by atoms with Gasteiger partial charge in [0.15, 0.2) is 12.4 Å². The van der Waals surface area contributed by atoms with E-state index in [0.29, 0.717) is 22.7 Å². The van der Waals surface area contributed by atoms with Crippen LogP contribution in [0.4, 0.5) is 11.4 Å². The SMILES string of the molecule is CC(=O)c1cccc(NC(=O)COC(=O)[C@@H]2CC(=O)N(c3ccc(Oc4ccc(C)c(C)c4)cc3)C2)c1. The highest BCUT2D eigenvalue weighted by molar-refractivity contribution is 6.00. The molecule has 8 heteroatoms. The molecular weight excluding hydrogens is 472 g/mol. The normalized spacial score (nSPS) is 14.8. The summed E-state index contributed by atoms with van der Waals surface area (Å²) in [5.74, 6) is -0.779. The third kappa shape index (κ3) is 6.41. The smallest absolute Gasteiger partial charge is 0.311 e. The van der Waals surface area contributed by atoms with Gasteiger partial charge in [0.05, 0.1) is 5.92 Å². The maximum Gasteiger partial charge on any atom is 0.311 e. The van der Waals surface area contributed by atoms with Gasteiger partial charge in [-0.05, 0) is 80.4 Å². The summed E-state index contributed by atoms with van der Waals surface area (Å²) in [6.07, 6.45) is 0.00199. The van der Waals surface area contributed by atoms with Crippen molar-refractivity contribution in [2.75, 3.05) is 23.4 Å². The molecule has 8 nitrogen and oxygen atoms in total. The molecule has 0 unspecified atom stereocenters. The van der Waals surface area contributed by atoms with Gasteiger partial charge in [0.25, 0.3) is 5.91 Å². The number of ether oxygens (including phenoxy) is 2. The van der Waals surface area contributed by atoms with Crippen molar-refractivity contribution in [3.8, 4) is 11.5 Å². The molecule has 0 saturated carbocycles. The lowest BCUT2D eigenvalue weighted by atomic mass is 10.1. The second kappa shape index (κ2) is 11.1. The van der Waals surface area contributed by atoms with Crippen molar-refractivity contribution in [3.05, 3.63) is 83.4 Å². The first-order valence-electron chi connectivity index (χ1n) is 11.9. The molecule has 1 aliphatic rings. The number of Topliss-reactive ketones (excluding diaryl/α,β-unsaturated/α-hetero) is 1. The highest BCUT2D eigenvalue weighted by Crippen LogP contribution is 2.29. The lowest BCUT2D eigenvalue weighted by Crippen LogP contribution is -2.28. The van der Waals surface area contributed by atoms with E-state index in [1.807, 2.05) is 32.0 Å². The number of benzene rings is 3. The minimum Gasteiger partial charge on any atom is -0.457 e. The number of anilines is 2. The maximum absolute atomic E-state index is 12.6. The van der Waals surface area contributed by atoms with Gasteiger partial charge in [-0.25, -0.2) is 0 Å². The Morgan fingerprint density at radius 3 is 2.38 bits per heavy atom. The van der Waals surface area contributed by atoms with Crippen LogP contribution < -0.4 is 15.0 Å². The Morgan fingerprint density at radius 2 is 1.68 bits per heavy atom. The maximum atomic E-state index is 12.6. The van der Waals surface area contributed by atoms with E-state index in [9.17, 15) is 19.2 Å². The fourth-order valence-electron chi connectivity index (χ4n) is 3.99. The molecule has 1 N–H and O–H groups in total. The first-order valence-corrected chi connectivity index (χ1v) is 11.9. The molecule has 1 saturated heterocycles. The number of amides is 2. The van der Waals surface area contributed by atoms with Crippen molar-refractivity contribution in [2.24, 2.45) is 5.92 Å². The van der Waals surface area contributed by atoms with Crippen LogP contribution in [0.25, 0.3) is 0 Å². The van der Waals surface area contributed by atoms with Gasteiger partial charge in [0.2, 0.25) is 5.91 Å². The van der Waals surface area contributed by atoms with E-state index in [0.717, 1.165) is 11.3 Å². The van der Waals surface area contributed by atoms with Gasteiger partial charge in [-0.15, -0.1) is 0 Å². The average molecular weight is 501 g/mol. The van der Waals surface area contributed by atoms with Gasteiger partial charge < -0.3 is 19.7 Å². The van der Waals surface area contributed by atoms with Crippen molar-refractivity contribution in [2.45, 2.75) is 27.2 Å². The molecule has 1 atom stereocenters. The van der Waals surface area contributed by atoms with E-state index >= 15 is 0 Å². The van der Waals surface area contributed by atoms with Gasteiger partial charge in [-0.2, -0.15) is 0 Å². The van der Waals surface area contributed by atoms with Crippen molar-refractivity contribution >= 4 is 34.9 Å². The van der Waals surface area contributed by atoms with Crippen molar-refractivity contribution in [1.29, 1.82) is 0 Å². The number of carbonyl (C=O) groups excluding carboxylic acids is 4. The molecule has 4 rings (SSSR count). The summed E-state index contributed by atoms with van der Waals surface area (Å²) in [6, 6.07) is 19.4. The Kier molecular flexibility index (Phi) is 7.67. The first-order chi connectivity index (χ1) is 17.7. The topological polar surface area (TPSA) is 102 Å². The third-order valence-electron chi connectivity index (χ3n) is 6.22. The van der Waals surface area contributed by atoms with Crippen LogP contribution in [0, 0.1) is 19.8 Å². The van der Waals surface area contributed by atoms with Gasteiger partial charge in [0, 0.05) is 29.9 Å². The Bertz CT molecular complexity index is 1350. The van der Waals surface area contributed by atoms with E-state index in [1.165, 1.54) is 17.4 Å². The largest absolute Gasteiger partial charge is 0.457 e. The summed E-state index contributed by atoms with van der Waals surface area (Å²) < 4.78 is 11.1. The van der Waals surface area contributed by atoms with Crippen LogP contribution in [0.1, 0.15) is 34.8 Å². The van der Waals surface area contributed by atoms with Crippen LogP contribution in [0.2, 0.25) is 0 Å². The summed E-state index contributed by atoms with van der Waals surface area (Å²) in [5, 5.41) is 2.60. The van der Waals surface area contributed by atoms with E-state index in [4.69, 9.17) is 9.47 Å². The van der Waals surface area contributed by atoms with Crippen LogP contribution in [0.5, 0.6) is 11.5 Å². The number of hydrogen-bond acceptors (Lipinski definition) is 6. The second-order valence-corrected chi connectivity index (χ2v) is 9.04. The summed E-state index contributed by atoms with van der Waals surface area (Å²) in [7, 11) is 0. The van der Waals surface area contributed by atoms with Crippen LogP contribution in [0.15, 0.2) is 66.7 Å². The average Bonchev–Trinajstić information content (AvgIpc) is 3.27. The molecule has 0 bridgehead atoms. The molecule has 190 valence electrons. The highest BCUT2D eigenvalue weighted by atomic mass is 16.5. The lowest BCUT2D eigenvalue weighted by Gasteiger charge is -2.17. The summed E-state index contributed by atoms with van der Waals surface area (Å²) >= 11 is 0. The predicted octanol–water partition coefficient (Wildman–Crippen LogP) is 4.83. The molecule has 37 heavy (non-hydrogen) atoms. The van der Waals surface area contributed by atoms with Crippen molar-refractivity contribution in [1.82, 2.24) is 0 Å². The highest BCUT2D eigenvalue weighted by Gasteiger charge is 2.36. The number of ketones is 1. The van der Waals surface area contributed by atoms with Gasteiger partial charge in [-0.3, -0.25) is 19.2 Å². The zero-order chi connectivity index (χ0) is 26.5. The van der Waals surface area contributed by atoms with Crippen LogP contribution >= 0.6 is 0 Å². The minimum atomic E-state index is -0.673. The number of carbonyl (C=O) groups is 4. The fraction of sp³-hybridized carbons (Fsp3) is 0.241. The summed E-state index contributed by atoms with van der Waals surface area (Å²) in [6.45, 7) is 5.17. The van der Waals surface area contributed by atoms with Crippen LogP contribution in [-0.2, 0) is 19.1 Å². The number of aryl methyl sites for hydroxylation is 2. The third-order valence-corrected chi connectivity index (χ3v) is 6.22. The molecule has 1 aliphatic heterocycles. The first kappa shape index (κ1) is 25.6. The van der Waals surface area contributed by atoms with Gasteiger partial charge >= 0.3 is 5.97 Å². The molecule has 0 spiro atoms. The van der Waals surface area contributed by atoms with E-state index in [-0.39, 0.29) is 24.7 Å². The van der Waals surface area contributed by atoms with Crippen LogP contribution in [-0.4, -0.2) is 36.7 Å². The minimum absolute atomic E-state index is 0.00199. The molecule has 1 heterocycles. The number of rotatable bonds is 8. The number of esters is 1. The molecule has 0 aliphatic carbocycles. The molecule has 2 amide bonds. The molecular formula is C29H28N2O6. The lowest BCUT2D eigenvalue weighted by molar-refractivity contribution is -0.151. The van der Waals surface area contributed by atoms with E-state index in [2.05, 4.69) is 5.32 Å². The zero-order valence-electron chi connectivity index (χ0n) is 20.9. The number of hydrogen-bond donors (Lipinski definition) is 1. The number of nitrogens with one attached hydrogen (secondary N) is 1. The Labute approximate surface area is 215 Å². The second-order valence-electron chi connectivity index (χ2n) is 9.04. The molecule has 1 fully saturated rings. The Morgan fingerprint density at radius 1 is 0.946 bits per heavy atom. The number of nitrogens with zero attached hydrogens (tertiary/aromatic N) is 1. The zero-order valence-corrected chi connectivity index (χ0v) is 20.9. The summed E-state index contributed by atoms with van der Waals surface area (Å²) in [5.41, 5.74) is 3.86. The molecule has 3 aromatic rings. The standard InChI is InChI=1S/C29H28N2O6/c1-18-7-10-26(13-19(18)2)37-25-11-8-24(9-12-25)31-16-22(15-28(31)34)29(35)36-17-27(33)30-23-6-4-5-21(14-23)20(3)32/h4-14,22H,15-17H2,1-3H3,(H,30,33)/t22-/m1/s1. The molecule has 0 radical (unpaired) electrons. The van der Waals surface area contributed by atoms with E-state index in [1.54, 1.807) is 48.5 Å². The Balaban J connectivity index is 1.29. The Hall–Kier alpha value is -4.46. The molecule has 3 aromatic carbocycles. The predicted molar refractivity (Wildman–Crippen MR) is 139 cm³/mol. The summed E-state index contributed by atoms with van der Waals surface area (Å²) in [4.78, 5) is 50.3. The quantitative estimate of drug-likeness (QED) is 0.351. The molecule has 0 aromatic heterocycles. The van der Waals surface area contributed by atoms with E-state index < -0.39 is 24.4 Å².